The van der Waals surface area contributed by atoms with E-state index in [-0.39, 0.29) is 11.4 Å². The van der Waals surface area contributed by atoms with Gasteiger partial charge in [0.05, 0.1) is 11.5 Å². The minimum absolute atomic E-state index is 0.0265. The van der Waals surface area contributed by atoms with Crippen LogP contribution in [-0.4, -0.2) is 11.5 Å². The second kappa shape index (κ2) is 3.17. The van der Waals surface area contributed by atoms with Crippen molar-refractivity contribution in [2.45, 2.75) is 13.3 Å². The molecular weight excluding hydrogens is 186 g/mol. The molecule has 2 aliphatic heterocycles. The molecule has 2 aliphatic rings. The zero-order chi connectivity index (χ0) is 10.1. The van der Waals surface area contributed by atoms with Crippen molar-refractivity contribution in [1.29, 1.82) is 0 Å². The number of fused-ring (bicyclic) bond motifs is 2. The van der Waals surface area contributed by atoms with Gasteiger partial charge < -0.3 is 9.47 Å². The summed E-state index contributed by atoms with van der Waals surface area (Å²) in [6.07, 6.45) is 0.856. The van der Waals surface area contributed by atoms with E-state index in [4.69, 9.17) is 9.47 Å². The minimum atomic E-state index is -0.451. The standard InChI is InChI=1S/C9H9NO4/c1-2-5-13-7-4-3-6-8(10(11)12)9(7)14-6/h3-4H,2,5H2,1H3. The molecule has 74 valence electrons. The van der Waals surface area contributed by atoms with Crippen molar-refractivity contribution in [3.8, 4) is 17.2 Å². The molecule has 0 aliphatic carbocycles. The normalized spacial score (nSPS) is 11.5. The third-order valence-corrected chi connectivity index (χ3v) is 1.91. The number of ether oxygens (including phenoxy) is 2. The number of nitrogens with zero attached hydrogens (tertiary/aromatic N) is 1. The highest BCUT2D eigenvalue weighted by Gasteiger charge is 2.36. The first kappa shape index (κ1) is 8.80. The van der Waals surface area contributed by atoms with Gasteiger partial charge in [-0.15, -0.1) is 0 Å². The summed E-state index contributed by atoms with van der Waals surface area (Å²) in [5, 5.41) is 10.6. The summed E-state index contributed by atoms with van der Waals surface area (Å²) in [7, 11) is 0. The van der Waals surface area contributed by atoms with Crippen LogP contribution in [0, 0.1) is 10.1 Å². The van der Waals surface area contributed by atoms with Crippen LogP contribution in [0.4, 0.5) is 5.69 Å². The van der Waals surface area contributed by atoms with Crippen molar-refractivity contribution in [1.82, 2.24) is 0 Å². The van der Waals surface area contributed by atoms with Crippen molar-refractivity contribution < 1.29 is 14.4 Å². The maximum absolute atomic E-state index is 10.6. The van der Waals surface area contributed by atoms with Gasteiger partial charge in [0.25, 0.3) is 5.75 Å². The van der Waals surface area contributed by atoms with Crippen molar-refractivity contribution in [3.05, 3.63) is 22.2 Å². The van der Waals surface area contributed by atoms with Gasteiger partial charge in [0.1, 0.15) is 0 Å². The van der Waals surface area contributed by atoms with Crippen LogP contribution in [0.2, 0.25) is 0 Å². The molecule has 0 N–H and O–H groups in total. The molecule has 0 atom stereocenters. The smallest absolute Gasteiger partial charge is 0.357 e. The predicted molar refractivity (Wildman–Crippen MR) is 49.0 cm³/mol. The molecule has 0 amide bonds. The topological polar surface area (TPSA) is 61.6 Å². The van der Waals surface area contributed by atoms with Gasteiger partial charge in [0.2, 0.25) is 5.75 Å². The van der Waals surface area contributed by atoms with Crippen LogP contribution < -0.4 is 9.47 Å². The summed E-state index contributed by atoms with van der Waals surface area (Å²) in [5.41, 5.74) is 0.0265. The van der Waals surface area contributed by atoms with Crippen LogP contribution in [0.15, 0.2) is 12.1 Å². The largest absolute Gasteiger partial charge is 0.489 e. The summed E-state index contributed by atoms with van der Waals surface area (Å²) in [6, 6.07) is 3.24. The molecule has 5 heteroatoms. The Morgan fingerprint density at radius 1 is 1.57 bits per heavy atom. The molecule has 1 aromatic carbocycles. The monoisotopic (exact) mass is 195 g/mol. The lowest BCUT2D eigenvalue weighted by Gasteiger charge is -2.20. The number of nitro groups is 1. The van der Waals surface area contributed by atoms with Gasteiger partial charge in [-0.25, -0.2) is 0 Å². The Labute approximate surface area is 80.4 Å². The lowest BCUT2D eigenvalue weighted by atomic mass is 10.2. The van der Waals surface area contributed by atoms with Crippen LogP contribution in [0.3, 0.4) is 0 Å². The van der Waals surface area contributed by atoms with Gasteiger partial charge >= 0.3 is 5.69 Å². The van der Waals surface area contributed by atoms with E-state index >= 15 is 0 Å². The van der Waals surface area contributed by atoms with Gasteiger partial charge in [0, 0.05) is 0 Å². The van der Waals surface area contributed by atoms with E-state index in [1.807, 2.05) is 6.92 Å². The molecule has 14 heavy (non-hydrogen) atoms. The molecule has 2 heterocycles. The Kier molecular flexibility index (Phi) is 1.99. The first-order valence-electron chi connectivity index (χ1n) is 4.36. The lowest BCUT2D eigenvalue weighted by molar-refractivity contribution is -0.390. The van der Waals surface area contributed by atoms with E-state index in [1.54, 1.807) is 12.1 Å². The molecule has 0 radical (unpaired) electrons. The molecule has 2 bridgehead atoms. The first-order chi connectivity index (χ1) is 6.74. The number of benzene rings is 1. The van der Waals surface area contributed by atoms with E-state index in [1.165, 1.54) is 0 Å². The summed E-state index contributed by atoms with van der Waals surface area (Å²) >= 11 is 0. The SMILES string of the molecule is CCCOc1ccc2c([N+](=O)[O-])c1O2. The maximum Gasteiger partial charge on any atom is 0.357 e. The molecule has 0 fully saturated rings. The van der Waals surface area contributed by atoms with Gasteiger partial charge in [-0.05, 0) is 18.6 Å². The highest BCUT2D eigenvalue weighted by atomic mass is 16.6. The lowest BCUT2D eigenvalue weighted by Crippen LogP contribution is -2.08. The average Bonchev–Trinajstić information content (AvgIpc) is 2.13. The van der Waals surface area contributed by atoms with Crippen LogP contribution in [0.5, 0.6) is 17.2 Å². The molecule has 0 spiro atoms. The second-order valence-corrected chi connectivity index (χ2v) is 2.95. The Balaban J connectivity index is 2.28. The van der Waals surface area contributed by atoms with Crippen LogP contribution in [0.25, 0.3) is 0 Å². The van der Waals surface area contributed by atoms with E-state index in [0.717, 1.165) is 6.42 Å². The van der Waals surface area contributed by atoms with E-state index in [2.05, 4.69) is 0 Å². The highest BCUT2D eigenvalue weighted by Crippen LogP contribution is 2.54. The maximum atomic E-state index is 10.6. The number of rotatable bonds is 4. The van der Waals surface area contributed by atoms with E-state index in [0.29, 0.717) is 18.1 Å². The summed E-state index contributed by atoms with van der Waals surface area (Å²) in [4.78, 5) is 10.1. The molecule has 0 saturated heterocycles. The Hall–Kier alpha value is -1.78. The third kappa shape index (κ3) is 1.17. The van der Waals surface area contributed by atoms with E-state index in [9.17, 15) is 10.1 Å². The fourth-order valence-corrected chi connectivity index (χ4v) is 1.28. The number of hydrogen-bond acceptors (Lipinski definition) is 4. The quantitative estimate of drug-likeness (QED) is 0.555. The highest BCUT2D eigenvalue weighted by molar-refractivity contribution is 5.72. The predicted octanol–water partition coefficient (Wildman–Crippen LogP) is 2.49. The van der Waals surface area contributed by atoms with Gasteiger partial charge in [-0.3, -0.25) is 10.1 Å². The van der Waals surface area contributed by atoms with Gasteiger partial charge in [-0.1, -0.05) is 6.92 Å². The fraction of sp³-hybridized carbons (Fsp3) is 0.333. The Morgan fingerprint density at radius 3 is 2.93 bits per heavy atom. The van der Waals surface area contributed by atoms with Crippen LogP contribution >= 0.6 is 0 Å². The van der Waals surface area contributed by atoms with Crippen molar-refractivity contribution in [2.24, 2.45) is 0 Å². The van der Waals surface area contributed by atoms with Crippen LogP contribution in [-0.2, 0) is 0 Å². The van der Waals surface area contributed by atoms with Crippen LogP contribution in [0.1, 0.15) is 13.3 Å². The van der Waals surface area contributed by atoms with E-state index < -0.39 is 4.92 Å². The molecule has 1 aromatic rings. The third-order valence-electron chi connectivity index (χ3n) is 1.91. The molecule has 5 nitrogen and oxygen atoms in total. The second-order valence-electron chi connectivity index (χ2n) is 2.95. The molecule has 3 rings (SSSR count). The number of nitro benzene ring substituents is 1. The Morgan fingerprint density at radius 2 is 2.36 bits per heavy atom. The Bertz CT molecular complexity index is 389. The molecule has 0 unspecified atom stereocenters. The van der Waals surface area contributed by atoms with Crippen molar-refractivity contribution in [2.75, 3.05) is 6.61 Å². The molecule has 0 saturated carbocycles. The van der Waals surface area contributed by atoms with Gasteiger partial charge in [0.15, 0.2) is 5.75 Å². The first-order valence-corrected chi connectivity index (χ1v) is 4.36. The fourth-order valence-electron chi connectivity index (χ4n) is 1.28. The zero-order valence-electron chi connectivity index (χ0n) is 7.65. The number of hydrogen-bond donors (Lipinski definition) is 0. The summed E-state index contributed by atoms with van der Waals surface area (Å²) < 4.78 is 10.4. The van der Waals surface area contributed by atoms with Crippen molar-refractivity contribution >= 4 is 5.69 Å². The summed E-state index contributed by atoms with van der Waals surface area (Å²) in [5.74, 6) is 1.02. The molecule has 0 aromatic heterocycles. The minimum Gasteiger partial charge on any atom is -0.489 e. The zero-order valence-corrected chi connectivity index (χ0v) is 7.65. The summed E-state index contributed by atoms with van der Waals surface area (Å²) in [6.45, 7) is 2.50. The van der Waals surface area contributed by atoms with Gasteiger partial charge in [-0.2, -0.15) is 0 Å². The molecular formula is C9H9NO4. The average molecular weight is 195 g/mol. The van der Waals surface area contributed by atoms with Crippen molar-refractivity contribution in [3.63, 3.8) is 0 Å².